The molecule has 0 bridgehead atoms. The largest absolute Gasteiger partial charge is 0.326 e. The molecule has 0 fully saturated rings. The van der Waals surface area contributed by atoms with E-state index in [1.165, 1.54) is 23.5 Å². The molecular formula is C12H11Br2FN2O2S2. The minimum Gasteiger partial charge on any atom is -0.326 e. The van der Waals surface area contributed by atoms with Gasteiger partial charge in [0.2, 0.25) is 10.0 Å². The minimum atomic E-state index is -3.95. The summed E-state index contributed by atoms with van der Waals surface area (Å²) in [6.07, 6.45) is 0. The molecular weight excluding hydrogens is 447 g/mol. The van der Waals surface area contributed by atoms with Crippen molar-refractivity contribution in [1.29, 1.82) is 0 Å². The molecule has 3 N–H and O–H groups in total. The van der Waals surface area contributed by atoms with E-state index in [-0.39, 0.29) is 18.7 Å². The number of thiophene rings is 1. The van der Waals surface area contributed by atoms with Gasteiger partial charge in [-0.25, -0.2) is 17.5 Å². The molecule has 0 unspecified atom stereocenters. The van der Waals surface area contributed by atoms with Crippen molar-refractivity contribution >= 4 is 53.2 Å². The fourth-order valence-corrected chi connectivity index (χ4v) is 4.97. The van der Waals surface area contributed by atoms with Gasteiger partial charge in [-0.15, -0.1) is 11.3 Å². The first-order valence-corrected chi connectivity index (χ1v) is 9.64. The van der Waals surface area contributed by atoms with Crippen LogP contribution in [-0.4, -0.2) is 8.42 Å². The topological polar surface area (TPSA) is 72.2 Å². The smallest absolute Gasteiger partial charge is 0.243 e. The van der Waals surface area contributed by atoms with E-state index < -0.39 is 20.7 Å². The Morgan fingerprint density at radius 1 is 1.29 bits per heavy atom. The van der Waals surface area contributed by atoms with Crippen LogP contribution in [0.25, 0.3) is 0 Å². The van der Waals surface area contributed by atoms with Gasteiger partial charge in [0, 0.05) is 28.0 Å². The molecule has 0 radical (unpaired) electrons. The molecule has 1 aromatic heterocycles. The highest BCUT2D eigenvalue weighted by Gasteiger charge is 2.22. The van der Waals surface area contributed by atoms with E-state index >= 15 is 0 Å². The first-order chi connectivity index (χ1) is 9.83. The lowest BCUT2D eigenvalue weighted by Gasteiger charge is -2.10. The van der Waals surface area contributed by atoms with Gasteiger partial charge in [-0.1, -0.05) is 15.9 Å². The molecule has 0 atom stereocenters. The van der Waals surface area contributed by atoms with Crippen LogP contribution in [0.15, 0.2) is 37.4 Å². The maximum absolute atomic E-state index is 14.2. The van der Waals surface area contributed by atoms with Crippen LogP contribution < -0.4 is 10.5 Å². The van der Waals surface area contributed by atoms with Crippen molar-refractivity contribution in [2.75, 3.05) is 0 Å². The van der Waals surface area contributed by atoms with Crippen LogP contribution in [0.2, 0.25) is 0 Å². The maximum atomic E-state index is 14.2. The second kappa shape index (κ2) is 6.84. The van der Waals surface area contributed by atoms with Gasteiger partial charge >= 0.3 is 0 Å². The summed E-state index contributed by atoms with van der Waals surface area (Å²) in [5.74, 6) is -0.819. The van der Waals surface area contributed by atoms with E-state index in [1.807, 2.05) is 6.07 Å². The van der Waals surface area contributed by atoms with Gasteiger partial charge in [0.05, 0.1) is 3.79 Å². The van der Waals surface area contributed by atoms with Gasteiger partial charge in [-0.05, 0) is 40.2 Å². The van der Waals surface area contributed by atoms with E-state index in [9.17, 15) is 12.8 Å². The van der Waals surface area contributed by atoms with Crippen molar-refractivity contribution in [3.8, 4) is 0 Å². The van der Waals surface area contributed by atoms with Crippen LogP contribution in [-0.2, 0) is 23.1 Å². The number of halogens is 3. The minimum absolute atomic E-state index is 0.0777. The van der Waals surface area contributed by atoms with Crippen molar-refractivity contribution < 1.29 is 12.8 Å². The molecule has 0 spiro atoms. The summed E-state index contributed by atoms with van der Waals surface area (Å²) in [6, 6.07) is 6.30. The molecule has 1 aromatic carbocycles. The Morgan fingerprint density at radius 2 is 2.00 bits per heavy atom. The standard InChI is InChI=1S/C12H11Br2FN2O2S2/c13-8-3-7(5-16)12(15)10(4-8)21(18,19)17-6-9-1-2-11(14)20-9/h1-4,17H,5-6,16H2. The van der Waals surface area contributed by atoms with Crippen LogP contribution >= 0.6 is 43.2 Å². The zero-order valence-electron chi connectivity index (χ0n) is 10.6. The number of rotatable bonds is 5. The molecule has 1 heterocycles. The lowest BCUT2D eigenvalue weighted by atomic mass is 10.2. The fraction of sp³-hybridized carbons (Fsp3) is 0.167. The van der Waals surface area contributed by atoms with E-state index in [0.29, 0.717) is 4.47 Å². The molecule has 9 heteroatoms. The predicted octanol–water partition coefficient (Wildman–Crippen LogP) is 3.35. The summed E-state index contributed by atoms with van der Waals surface area (Å²) in [7, 11) is -3.95. The predicted molar refractivity (Wildman–Crippen MR) is 88.0 cm³/mol. The van der Waals surface area contributed by atoms with Crippen molar-refractivity contribution in [3.63, 3.8) is 0 Å². The van der Waals surface area contributed by atoms with E-state index in [0.717, 1.165) is 8.66 Å². The van der Waals surface area contributed by atoms with Gasteiger partial charge < -0.3 is 5.73 Å². The second-order valence-electron chi connectivity index (χ2n) is 4.11. The lowest BCUT2D eigenvalue weighted by Crippen LogP contribution is -2.24. The lowest BCUT2D eigenvalue weighted by molar-refractivity contribution is 0.549. The molecule has 0 saturated heterocycles. The summed E-state index contributed by atoms with van der Waals surface area (Å²) in [5.41, 5.74) is 5.56. The number of hydrogen-bond donors (Lipinski definition) is 2. The molecule has 2 aromatic rings. The molecule has 2 rings (SSSR count). The van der Waals surface area contributed by atoms with Crippen LogP contribution in [0.1, 0.15) is 10.4 Å². The van der Waals surface area contributed by atoms with Gasteiger partial charge in [0.1, 0.15) is 10.7 Å². The first kappa shape index (κ1) is 17.0. The Balaban J connectivity index is 2.29. The number of nitrogens with one attached hydrogen (secondary N) is 1. The van der Waals surface area contributed by atoms with E-state index in [2.05, 4.69) is 36.6 Å². The van der Waals surface area contributed by atoms with Gasteiger partial charge in [-0.3, -0.25) is 0 Å². The highest BCUT2D eigenvalue weighted by atomic mass is 79.9. The fourth-order valence-electron chi connectivity index (χ4n) is 1.65. The Hall–Kier alpha value is -0.320. The number of sulfonamides is 1. The molecule has 4 nitrogen and oxygen atoms in total. The summed E-state index contributed by atoms with van der Waals surface area (Å²) in [4.78, 5) is 0.410. The number of benzene rings is 1. The van der Waals surface area contributed by atoms with Crippen LogP contribution in [0, 0.1) is 5.82 Å². The van der Waals surface area contributed by atoms with Crippen molar-refractivity contribution in [3.05, 3.63) is 48.8 Å². The third-order valence-electron chi connectivity index (χ3n) is 2.65. The molecule has 0 amide bonds. The SMILES string of the molecule is NCc1cc(Br)cc(S(=O)(=O)NCc2ccc(Br)s2)c1F. The van der Waals surface area contributed by atoms with Gasteiger partial charge in [0.15, 0.2) is 0 Å². The highest BCUT2D eigenvalue weighted by molar-refractivity contribution is 9.11. The molecule has 114 valence electrons. The van der Waals surface area contributed by atoms with Crippen LogP contribution in [0.5, 0.6) is 0 Å². The molecule has 0 aliphatic heterocycles. The Labute approximate surface area is 142 Å². The number of hydrogen-bond acceptors (Lipinski definition) is 4. The normalized spacial score (nSPS) is 11.8. The zero-order valence-corrected chi connectivity index (χ0v) is 15.4. The van der Waals surface area contributed by atoms with Crippen molar-refractivity contribution in [2.24, 2.45) is 5.73 Å². The monoisotopic (exact) mass is 456 g/mol. The quantitative estimate of drug-likeness (QED) is 0.723. The summed E-state index contributed by atoms with van der Waals surface area (Å²) >= 11 is 7.87. The third kappa shape index (κ3) is 4.11. The number of nitrogens with two attached hydrogens (primary N) is 1. The summed E-state index contributed by atoms with van der Waals surface area (Å²) in [6.45, 7) is 0.0220. The average Bonchev–Trinajstić information content (AvgIpc) is 2.84. The average molecular weight is 458 g/mol. The maximum Gasteiger partial charge on any atom is 0.243 e. The van der Waals surface area contributed by atoms with Crippen LogP contribution in [0.4, 0.5) is 4.39 Å². The van der Waals surface area contributed by atoms with E-state index in [1.54, 1.807) is 6.07 Å². The molecule has 21 heavy (non-hydrogen) atoms. The van der Waals surface area contributed by atoms with E-state index in [4.69, 9.17) is 5.73 Å². The van der Waals surface area contributed by atoms with Crippen LogP contribution in [0.3, 0.4) is 0 Å². The first-order valence-electron chi connectivity index (χ1n) is 5.75. The second-order valence-corrected chi connectivity index (χ2v) is 9.31. The third-order valence-corrected chi connectivity index (χ3v) is 6.14. The van der Waals surface area contributed by atoms with Crippen molar-refractivity contribution in [2.45, 2.75) is 18.0 Å². The summed E-state index contributed by atoms with van der Waals surface area (Å²) < 4.78 is 42.4. The molecule has 0 aliphatic carbocycles. The highest BCUT2D eigenvalue weighted by Crippen LogP contribution is 2.25. The molecule has 0 aliphatic rings. The Bertz CT molecular complexity index is 763. The van der Waals surface area contributed by atoms with Crippen molar-refractivity contribution in [1.82, 2.24) is 4.72 Å². The summed E-state index contributed by atoms with van der Waals surface area (Å²) in [5, 5.41) is 0. The Kier molecular flexibility index (Phi) is 5.55. The molecule has 0 saturated carbocycles. The zero-order chi connectivity index (χ0) is 15.6. The Morgan fingerprint density at radius 3 is 2.57 bits per heavy atom. The van der Waals surface area contributed by atoms with Gasteiger partial charge in [0.25, 0.3) is 0 Å². The van der Waals surface area contributed by atoms with Gasteiger partial charge in [-0.2, -0.15) is 0 Å².